The maximum atomic E-state index is 5.80. The molecule has 0 aliphatic heterocycles. The van der Waals surface area contributed by atoms with Crippen molar-refractivity contribution in [2.45, 2.75) is 51.1 Å². The first-order valence-electron chi connectivity index (χ1n) is 5.59. The van der Waals surface area contributed by atoms with E-state index in [1.165, 1.54) is 12.8 Å². The Kier molecular flexibility index (Phi) is 3.97. The van der Waals surface area contributed by atoms with Crippen LogP contribution in [-0.2, 0) is 0 Å². The van der Waals surface area contributed by atoms with Gasteiger partial charge in [-0.3, -0.25) is 5.32 Å². The summed E-state index contributed by atoms with van der Waals surface area (Å²) in [6.45, 7) is 5.13. The fraction of sp³-hybridized carbons (Fsp3) is 0.833. The lowest BCUT2D eigenvalue weighted by Gasteiger charge is -2.48. The predicted molar refractivity (Wildman–Crippen MR) is 60.8 cm³/mol. The SMILES string of the molecule is C#CC(CCC)NC1(CN)CC(C)C1. The molecule has 0 amide bonds. The molecule has 1 unspecified atom stereocenters. The van der Waals surface area contributed by atoms with E-state index in [2.05, 4.69) is 25.1 Å². The van der Waals surface area contributed by atoms with Gasteiger partial charge in [-0.05, 0) is 25.2 Å². The molecular formula is C12H22N2. The number of terminal acetylenes is 1. The number of nitrogens with one attached hydrogen (secondary N) is 1. The van der Waals surface area contributed by atoms with Crippen LogP contribution < -0.4 is 11.1 Å². The molecule has 1 fully saturated rings. The van der Waals surface area contributed by atoms with Crippen molar-refractivity contribution in [3.8, 4) is 12.3 Å². The summed E-state index contributed by atoms with van der Waals surface area (Å²) in [4.78, 5) is 0. The Morgan fingerprint density at radius 2 is 2.29 bits per heavy atom. The molecule has 0 bridgehead atoms. The van der Waals surface area contributed by atoms with Gasteiger partial charge in [-0.2, -0.15) is 0 Å². The summed E-state index contributed by atoms with van der Waals surface area (Å²) in [5, 5.41) is 3.54. The van der Waals surface area contributed by atoms with Crippen molar-refractivity contribution in [2.75, 3.05) is 6.54 Å². The van der Waals surface area contributed by atoms with Crippen LogP contribution >= 0.6 is 0 Å². The fourth-order valence-corrected chi connectivity index (χ4v) is 2.47. The molecule has 1 rings (SSSR count). The van der Waals surface area contributed by atoms with Crippen LogP contribution in [0.25, 0.3) is 0 Å². The zero-order valence-corrected chi connectivity index (χ0v) is 9.34. The van der Waals surface area contributed by atoms with Crippen LogP contribution in [0.4, 0.5) is 0 Å². The van der Waals surface area contributed by atoms with E-state index in [-0.39, 0.29) is 11.6 Å². The van der Waals surface area contributed by atoms with Crippen molar-refractivity contribution in [1.82, 2.24) is 5.32 Å². The van der Waals surface area contributed by atoms with Crippen LogP contribution in [0.15, 0.2) is 0 Å². The Hall–Kier alpha value is -0.520. The minimum atomic E-state index is 0.144. The third-order valence-electron chi connectivity index (χ3n) is 3.13. The molecule has 2 heteroatoms. The van der Waals surface area contributed by atoms with Crippen molar-refractivity contribution in [3.05, 3.63) is 0 Å². The highest BCUT2D eigenvalue weighted by molar-refractivity contribution is 5.08. The zero-order chi connectivity index (χ0) is 10.6. The summed E-state index contributed by atoms with van der Waals surface area (Å²) in [7, 11) is 0. The van der Waals surface area contributed by atoms with E-state index < -0.39 is 0 Å². The summed E-state index contributed by atoms with van der Waals surface area (Å²) in [5.74, 6) is 3.61. The quantitative estimate of drug-likeness (QED) is 0.651. The molecule has 1 saturated carbocycles. The first-order chi connectivity index (χ1) is 6.65. The Bertz CT molecular complexity index is 211. The molecule has 1 atom stereocenters. The summed E-state index contributed by atoms with van der Waals surface area (Å²) in [6.07, 6.45) is 10.00. The number of hydrogen-bond acceptors (Lipinski definition) is 2. The molecule has 3 N–H and O–H groups in total. The fourth-order valence-electron chi connectivity index (χ4n) is 2.47. The monoisotopic (exact) mass is 194 g/mol. The maximum absolute atomic E-state index is 5.80. The van der Waals surface area contributed by atoms with Gasteiger partial charge in [0.1, 0.15) is 0 Å². The molecule has 1 aliphatic carbocycles. The van der Waals surface area contributed by atoms with E-state index in [1.807, 2.05) is 0 Å². The van der Waals surface area contributed by atoms with Crippen LogP contribution in [0.2, 0.25) is 0 Å². The molecular weight excluding hydrogens is 172 g/mol. The Balaban J connectivity index is 2.44. The van der Waals surface area contributed by atoms with Crippen LogP contribution in [0.5, 0.6) is 0 Å². The van der Waals surface area contributed by atoms with Crippen molar-refractivity contribution in [3.63, 3.8) is 0 Å². The Morgan fingerprint density at radius 3 is 2.64 bits per heavy atom. The van der Waals surface area contributed by atoms with Gasteiger partial charge in [0.05, 0.1) is 6.04 Å². The highest BCUT2D eigenvalue weighted by atomic mass is 15.0. The lowest BCUT2D eigenvalue weighted by atomic mass is 9.68. The van der Waals surface area contributed by atoms with Gasteiger partial charge in [0.25, 0.3) is 0 Å². The second kappa shape index (κ2) is 4.82. The lowest BCUT2D eigenvalue weighted by Crippen LogP contribution is -2.61. The normalized spacial score (nSPS) is 33.1. The van der Waals surface area contributed by atoms with Gasteiger partial charge in [-0.15, -0.1) is 6.42 Å². The largest absolute Gasteiger partial charge is 0.329 e. The molecule has 0 heterocycles. The van der Waals surface area contributed by atoms with E-state index in [0.29, 0.717) is 6.54 Å². The van der Waals surface area contributed by atoms with Gasteiger partial charge in [0.2, 0.25) is 0 Å². The molecule has 1 aliphatic rings. The average Bonchev–Trinajstić information content (AvgIpc) is 2.14. The maximum Gasteiger partial charge on any atom is 0.0691 e. The second-order valence-corrected chi connectivity index (χ2v) is 4.65. The second-order valence-electron chi connectivity index (χ2n) is 4.65. The number of hydrogen-bond donors (Lipinski definition) is 2. The summed E-state index contributed by atoms with van der Waals surface area (Å²) < 4.78 is 0. The van der Waals surface area contributed by atoms with Crippen molar-refractivity contribution < 1.29 is 0 Å². The Morgan fingerprint density at radius 1 is 1.64 bits per heavy atom. The third-order valence-corrected chi connectivity index (χ3v) is 3.13. The predicted octanol–water partition coefficient (Wildman–Crippen LogP) is 1.51. The van der Waals surface area contributed by atoms with Crippen LogP contribution in [0.3, 0.4) is 0 Å². The third kappa shape index (κ3) is 2.50. The number of nitrogens with two attached hydrogens (primary N) is 1. The smallest absolute Gasteiger partial charge is 0.0691 e. The topological polar surface area (TPSA) is 38.0 Å². The van der Waals surface area contributed by atoms with Gasteiger partial charge < -0.3 is 5.73 Å². The van der Waals surface area contributed by atoms with Crippen molar-refractivity contribution >= 4 is 0 Å². The highest BCUT2D eigenvalue weighted by Crippen LogP contribution is 2.37. The summed E-state index contributed by atoms with van der Waals surface area (Å²) in [6, 6.07) is 0.205. The molecule has 0 aromatic carbocycles. The molecule has 0 saturated heterocycles. The van der Waals surface area contributed by atoms with Crippen molar-refractivity contribution in [1.29, 1.82) is 0 Å². The first-order valence-corrected chi connectivity index (χ1v) is 5.59. The highest BCUT2D eigenvalue weighted by Gasteiger charge is 2.41. The van der Waals surface area contributed by atoms with Gasteiger partial charge in [0.15, 0.2) is 0 Å². The summed E-state index contributed by atoms with van der Waals surface area (Å²) >= 11 is 0. The Labute approximate surface area is 87.6 Å². The van der Waals surface area contributed by atoms with Gasteiger partial charge >= 0.3 is 0 Å². The van der Waals surface area contributed by atoms with E-state index in [9.17, 15) is 0 Å². The average molecular weight is 194 g/mol. The van der Waals surface area contributed by atoms with Crippen LogP contribution in [-0.4, -0.2) is 18.1 Å². The van der Waals surface area contributed by atoms with Crippen molar-refractivity contribution in [2.24, 2.45) is 11.7 Å². The van der Waals surface area contributed by atoms with E-state index in [0.717, 1.165) is 18.8 Å². The van der Waals surface area contributed by atoms with E-state index >= 15 is 0 Å². The van der Waals surface area contributed by atoms with E-state index in [1.54, 1.807) is 0 Å². The standard InChI is InChI=1S/C12H22N2/c1-4-6-11(5-2)14-12(9-13)7-10(3)8-12/h2,10-11,14H,4,6-9,13H2,1,3H3. The molecule has 0 spiro atoms. The van der Waals surface area contributed by atoms with Crippen LogP contribution in [0.1, 0.15) is 39.5 Å². The first kappa shape index (κ1) is 11.6. The van der Waals surface area contributed by atoms with Gasteiger partial charge in [0, 0.05) is 12.1 Å². The minimum absolute atomic E-state index is 0.144. The van der Waals surface area contributed by atoms with E-state index in [4.69, 9.17) is 12.2 Å². The van der Waals surface area contributed by atoms with Crippen LogP contribution in [0, 0.1) is 18.3 Å². The molecule has 2 nitrogen and oxygen atoms in total. The lowest BCUT2D eigenvalue weighted by molar-refractivity contribution is 0.115. The number of rotatable bonds is 5. The molecule has 0 radical (unpaired) electrons. The molecule has 0 aromatic heterocycles. The summed E-state index contributed by atoms with van der Waals surface area (Å²) in [5.41, 5.74) is 5.94. The minimum Gasteiger partial charge on any atom is -0.329 e. The molecule has 0 aromatic rings. The zero-order valence-electron chi connectivity index (χ0n) is 9.34. The van der Waals surface area contributed by atoms with Gasteiger partial charge in [-0.25, -0.2) is 0 Å². The van der Waals surface area contributed by atoms with Gasteiger partial charge in [-0.1, -0.05) is 26.2 Å². The molecule has 14 heavy (non-hydrogen) atoms. The molecule has 80 valence electrons.